The van der Waals surface area contributed by atoms with Crippen LogP contribution in [-0.2, 0) is 23.9 Å². The fraction of sp³-hybridized carbons (Fsp3) is 0.171. The lowest BCUT2D eigenvalue weighted by Crippen LogP contribution is -2.31. The molecule has 0 spiro atoms. The molecular formula is C35H28N4O8S. The van der Waals surface area contributed by atoms with Crippen LogP contribution in [0.4, 0.5) is 22.7 Å². The summed E-state index contributed by atoms with van der Waals surface area (Å²) in [6.45, 7) is -0.389. The van der Waals surface area contributed by atoms with Gasteiger partial charge in [0, 0.05) is 29.0 Å². The molecule has 0 radical (unpaired) electrons. The number of nitrogens with one attached hydrogen (secondary N) is 1. The van der Waals surface area contributed by atoms with Gasteiger partial charge in [-0.15, -0.1) is 11.8 Å². The molecule has 0 bridgehead atoms. The number of esters is 1. The van der Waals surface area contributed by atoms with Crippen LogP contribution in [0.5, 0.6) is 11.5 Å². The number of fused-ring (bicyclic) bond motifs is 1. The van der Waals surface area contributed by atoms with E-state index >= 15 is 0 Å². The molecule has 13 heteroatoms. The smallest absolute Gasteiger partial charge is 0.306 e. The Labute approximate surface area is 279 Å². The van der Waals surface area contributed by atoms with Crippen molar-refractivity contribution in [2.45, 2.75) is 29.4 Å². The molecule has 2 aliphatic heterocycles. The van der Waals surface area contributed by atoms with Crippen LogP contribution in [0.15, 0.2) is 112 Å². The van der Waals surface area contributed by atoms with E-state index in [0.717, 1.165) is 0 Å². The summed E-state index contributed by atoms with van der Waals surface area (Å²) in [6.07, 6.45) is -0.361. The number of ether oxygens (including phenoxy) is 3. The third-order valence-corrected chi connectivity index (χ3v) is 8.44. The van der Waals surface area contributed by atoms with Crippen molar-refractivity contribution in [3.05, 3.63) is 103 Å². The Morgan fingerprint density at radius 2 is 1.58 bits per heavy atom. The second kappa shape index (κ2) is 14.7. The van der Waals surface area contributed by atoms with Crippen molar-refractivity contribution in [1.29, 1.82) is 0 Å². The topological polar surface area (TPSA) is 153 Å². The van der Waals surface area contributed by atoms with Crippen LogP contribution in [0.2, 0.25) is 0 Å². The fourth-order valence-electron chi connectivity index (χ4n) is 4.87. The number of carbonyl (C=O) groups excluding carboxylic acids is 5. The van der Waals surface area contributed by atoms with Crippen LogP contribution >= 0.6 is 11.8 Å². The van der Waals surface area contributed by atoms with Gasteiger partial charge in [0.25, 0.3) is 0 Å². The number of rotatable bonds is 12. The first-order valence-electron chi connectivity index (χ1n) is 14.9. The van der Waals surface area contributed by atoms with Gasteiger partial charge in [-0.25, -0.2) is 4.90 Å². The summed E-state index contributed by atoms with van der Waals surface area (Å²) in [5.41, 5.74) is 2.51. The van der Waals surface area contributed by atoms with Crippen molar-refractivity contribution in [3.63, 3.8) is 0 Å². The largest absolute Gasteiger partial charge is 0.457 e. The van der Waals surface area contributed by atoms with Crippen LogP contribution in [0.1, 0.15) is 29.6 Å². The maximum absolute atomic E-state index is 13.2. The molecule has 0 saturated carbocycles. The van der Waals surface area contributed by atoms with Crippen molar-refractivity contribution in [2.24, 2.45) is 10.2 Å². The van der Waals surface area contributed by atoms with Gasteiger partial charge in [0.2, 0.25) is 24.5 Å². The van der Waals surface area contributed by atoms with Gasteiger partial charge < -0.3 is 19.5 Å². The molecule has 1 saturated heterocycles. The molecule has 48 heavy (non-hydrogen) atoms. The lowest BCUT2D eigenvalue weighted by molar-refractivity contribution is -0.143. The third-order valence-electron chi connectivity index (χ3n) is 7.26. The minimum absolute atomic E-state index is 0.0227. The molecule has 4 aromatic rings. The van der Waals surface area contributed by atoms with E-state index in [9.17, 15) is 24.0 Å². The molecule has 12 nitrogen and oxygen atoms in total. The number of nitrogens with zero attached hydrogens (tertiary/aromatic N) is 3. The number of thioether (sulfide) groups is 1. The number of anilines is 2. The predicted octanol–water partition coefficient (Wildman–Crippen LogP) is 6.40. The van der Waals surface area contributed by atoms with E-state index in [0.29, 0.717) is 44.7 Å². The minimum Gasteiger partial charge on any atom is -0.457 e. The first-order chi connectivity index (χ1) is 23.3. The van der Waals surface area contributed by atoms with Crippen molar-refractivity contribution >= 4 is 64.0 Å². The maximum atomic E-state index is 13.2. The Morgan fingerprint density at radius 3 is 2.38 bits per heavy atom. The average molecular weight is 665 g/mol. The fourth-order valence-corrected chi connectivity index (χ4v) is 5.98. The molecule has 2 heterocycles. The molecule has 1 atom stereocenters. The van der Waals surface area contributed by atoms with Gasteiger partial charge in [-0.05, 0) is 72.8 Å². The highest BCUT2D eigenvalue weighted by molar-refractivity contribution is 8.00. The van der Waals surface area contributed by atoms with Crippen LogP contribution in [-0.4, -0.2) is 48.1 Å². The summed E-state index contributed by atoms with van der Waals surface area (Å²) < 4.78 is 15.5. The number of imide groups is 1. The van der Waals surface area contributed by atoms with Crippen LogP contribution in [0.3, 0.4) is 0 Å². The number of carbonyl (C=O) groups is 5. The molecule has 0 aromatic heterocycles. The third kappa shape index (κ3) is 7.93. The second-order valence-corrected chi connectivity index (χ2v) is 11.9. The molecule has 2 aliphatic rings. The summed E-state index contributed by atoms with van der Waals surface area (Å²) in [6, 6.07) is 27.5. The maximum Gasteiger partial charge on any atom is 0.306 e. The highest BCUT2D eigenvalue weighted by Crippen LogP contribution is 2.36. The van der Waals surface area contributed by atoms with Crippen LogP contribution < -0.4 is 19.7 Å². The van der Waals surface area contributed by atoms with E-state index < -0.39 is 29.5 Å². The summed E-state index contributed by atoms with van der Waals surface area (Å²) in [4.78, 5) is 65.0. The molecule has 4 aromatic carbocycles. The highest BCUT2D eigenvalue weighted by atomic mass is 32.2. The molecular weight excluding hydrogens is 636 g/mol. The molecule has 1 fully saturated rings. The second-order valence-electron chi connectivity index (χ2n) is 10.7. The predicted molar refractivity (Wildman–Crippen MR) is 176 cm³/mol. The van der Waals surface area contributed by atoms with Crippen molar-refractivity contribution in [1.82, 2.24) is 0 Å². The number of hydrogen-bond donors (Lipinski definition) is 1. The Morgan fingerprint density at radius 1 is 0.833 bits per heavy atom. The van der Waals surface area contributed by atoms with Gasteiger partial charge >= 0.3 is 5.97 Å². The number of azo groups is 1. The van der Waals surface area contributed by atoms with E-state index in [1.165, 1.54) is 22.7 Å². The Kier molecular flexibility index (Phi) is 9.86. The molecule has 6 rings (SSSR count). The van der Waals surface area contributed by atoms with E-state index in [1.807, 2.05) is 30.3 Å². The van der Waals surface area contributed by atoms with Crippen molar-refractivity contribution in [3.8, 4) is 11.5 Å². The zero-order valence-electron chi connectivity index (χ0n) is 25.4. The Hall–Kier alpha value is -5.82. The quantitative estimate of drug-likeness (QED) is 0.0785. The summed E-state index contributed by atoms with van der Waals surface area (Å²) in [7, 11) is 0. The van der Waals surface area contributed by atoms with Gasteiger partial charge in [-0.1, -0.05) is 24.3 Å². The van der Waals surface area contributed by atoms with E-state index in [4.69, 9.17) is 14.2 Å². The van der Waals surface area contributed by atoms with Crippen LogP contribution in [0, 0.1) is 0 Å². The molecule has 0 unspecified atom stereocenters. The molecule has 3 amide bonds. The van der Waals surface area contributed by atoms with Gasteiger partial charge in [-0.3, -0.25) is 24.0 Å². The lowest BCUT2D eigenvalue weighted by atomic mass is 10.1. The van der Waals surface area contributed by atoms with E-state index in [-0.39, 0.29) is 37.9 Å². The number of Topliss-reactive ketones (excluding diaryl/α,β-unsaturated/α-hetero) is 1. The first kappa shape index (κ1) is 32.1. The van der Waals surface area contributed by atoms with E-state index in [2.05, 4.69) is 15.5 Å². The minimum atomic E-state index is -0.691. The first-order valence-corrected chi connectivity index (χ1v) is 15.8. The number of amides is 3. The number of hydrogen-bond acceptors (Lipinski definition) is 11. The van der Waals surface area contributed by atoms with Gasteiger partial charge in [-0.2, -0.15) is 10.2 Å². The van der Waals surface area contributed by atoms with Crippen molar-refractivity contribution in [2.75, 3.05) is 23.6 Å². The monoisotopic (exact) mass is 664 g/mol. The molecule has 1 N–H and O–H groups in total. The van der Waals surface area contributed by atoms with Gasteiger partial charge in [0.1, 0.15) is 0 Å². The highest BCUT2D eigenvalue weighted by Gasteiger charge is 2.40. The normalized spacial score (nSPS) is 15.2. The van der Waals surface area contributed by atoms with E-state index in [1.54, 1.807) is 60.7 Å². The summed E-state index contributed by atoms with van der Waals surface area (Å²) in [5, 5.41) is 10.5. The van der Waals surface area contributed by atoms with Crippen LogP contribution in [0.25, 0.3) is 0 Å². The number of benzene rings is 4. The number of ketones is 1. The van der Waals surface area contributed by atoms with Gasteiger partial charge in [0.15, 0.2) is 23.9 Å². The Bertz CT molecular complexity index is 1900. The Balaban J connectivity index is 0.966. The summed E-state index contributed by atoms with van der Waals surface area (Å²) >= 11 is 1.23. The zero-order valence-corrected chi connectivity index (χ0v) is 26.2. The van der Waals surface area contributed by atoms with Crippen molar-refractivity contribution < 1.29 is 38.2 Å². The molecule has 0 aliphatic carbocycles. The SMILES string of the molecule is O=C(CCC(=O)OCC(=O)c1ccc2c(c1)OCO2)Nc1cccc(S[C@@H]2CC(=O)N(c3ccc(N=Nc4ccccc4)cc3)C2=O)c1. The summed E-state index contributed by atoms with van der Waals surface area (Å²) in [5.74, 6) is -1.20. The average Bonchev–Trinajstić information content (AvgIpc) is 3.68. The zero-order chi connectivity index (χ0) is 33.5. The molecule has 242 valence electrons. The van der Waals surface area contributed by atoms with Gasteiger partial charge in [0.05, 0.1) is 28.7 Å². The lowest BCUT2D eigenvalue weighted by Gasteiger charge is -2.15. The standard InChI is InChI=1S/C35H28N4O8S/c40-28(22-9-14-29-30(17-22)47-21-46-29)20-45-34(43)16-15-32(41)36-25-7-4-8-27(18-25)48-31-19-33(42)39(35(31)44)26-12-10-24(11-13-26)38-37-23-5-2-1-3-6-23/h1-14,17-18,31H,15-16,19-21H2,(H,36,41)/t31-/m1/s1.